The Bertz CT molecular complexity index is 1340. The van der Waals surface area contributed by atoms with E-state index < -0.39 is 34.0 Å². The lowest BCUT2D eigenvalue weighted by molar-refractivity contribution is -0.137. The van der Waals surface area contributed by atoms with Gasteiger partial charge in [-0.2, -0.15) is 17.9 Å². The fraction of sp³-hybridized carbons (Fsp3) is 0.269. The molecule has 37 heavy (non-hydrogen) atoms. The van der Waals surface area contributed by atoms with Gasteiger partial charge in [-0.1, -0.05) is 26.0 Å². The van der Waals surface area contributed by atoms with Gasteiger partial charge in [0.15, 0.2) is 6.23 Å². The van der Waals surface area contributed by atoms with Crippen molar-refractivity contribution in [2.24, 2.45) is 0 Å². The van der Waals surface area contributed by atoms with Crippen LogP contribution in [0, 0.1) is 0 Å². The molecule has 0 bridgehead atoms. The Hall–Kier alpha value is -3.57. The fourth-order valence-corrected chi connectivity index (χ4v) is 4.95. The van der Waals surface area contributed by atoms with E-state index in [0.717, 1.165) is 24.3 Å². The molecule has 0 heterocycles. The maximum Gasteiger partial charge on any atom is 0.416 e. The number of sulfonamides is 1. The maximum atomic E-state index is 13.5. The van der Waals surface area contributed by atoms with Crippen LogP contribution < -0.4 is 14.2 Å². The molecule has 2 N–H and O–H groups in total. The first-order valence-electron chi connectivity index (χ1n) is 11.3. The molecule has 7 nitrogen and oxygen atoms in total. The van der Waals surface area contributed by atoms with Crippen LogP contribution in [0.25, 0.3) is 0 Å². The summed E-state index contributed by atoms with van der Waals surface area (Å²) >= 11 is 0. The second kappa shape index (κ2) is 11.2. The number of nitrogens with one attached hydrogen (secondary N) is 1. The van der Waals surface area contributed by atoms with Crippen LogP contribution in [0.3, 0.4) is 0 Å². The number of rotatable bonds is 10. The van der Waals surface area contributed by atoms with Crippen LogP contribution >= 0.6 is 0 Å². The van der Waals surface area contributed by atoms with Crippen molar-refractivity contribution in [3.8, 4) is 11.5 Å². The van der Waals surface area contributed by atoms with E-state index >= 15 is 0 Å². The summed E-state index contributed by atoms with van der Waals surface area (Å²) in [5, 5.41) is 9.17. The molecule has 0 radical (unpaired) electrons. The molecular formula is C26H26F3NO6S. The van der Waals surface area contributed by atoms with Crippen molar-refractivity contribution in [3.63, 3.8) is 0 Å². The first-order chi connectivity index (χ1) is 17.3. The van der Waals surface area contributed by atoms with Crippen LogP contribution in [0.1, 0.15) is 60.0 Å². The van der Waals surface area contributed by atoms with E-state index in [1.54, 1.807) is 13.0 Å². The number of aromatic carboxylic acids is 1. The lowest BCUT2D eigenvalue weighted by Gasteiger charge is -2.23. The van der Waals surface area contributed by atoms with Gasteiger partial charge in [-0.05, 0) is 73.0 Å². The number of carboxylic acids is 1. The Kier molecular flexibility index (Phi) is 8.49. The fourth-order valence-electron chi connectivity index (χ4n) is 3.50. The number of carboxylic acid groups (broad SMARTS) is 1. The van der Waals surface area contributed by atoms with Crippen molar-refractivity contribution in [3.05, 3.63) is 89.0 Å². The number of alkyl halides is 3. The minimum atomic E-state index is -4.55. The maximum absolute atomic E-state index is 13.5. The number of halogens is 3. The molecule has 3 rings (SSSR count). The zero-order valence-corrected chi connectivity index (χ0v) is 21.1. The number of hydrogen-bond acceptors (Lipinski definition) is 5. The van der Waals surface area contributed by atoms with Crippen molar-refractivity contribution in [2.75, 3.05) is 6.61 Å². The van der Waals surface area contributed by atoms with Crippen LogP contribution in [0.5, 0.6) is 11.5 Å². The minimum Gasteiger partial charge on any atom is -0.494 e. The Morgan fingerprint density at radius 2 is 1.57 bits per heavy atom. The van der Waals surface area contributed by atoms with Gasteiger partial charge in [0, 0.05) is 5.56 Å². The van der Waals surface area contributed by atoms with Gasteiger partial charge in [0.1, 0.15) is 11.5 Å². The predicted molar refractivity (Wildman–Crippen MR) is 130 cm³/mol. The van der Waals surface area contributed by atoms with Crippen LogP contribution in [0.2, 0.25) is 0 Å². The van der Waals surface area contributed by atoms with Gasteiger partial charge in [-0.3, -0.25) is 0 Å². The smallest absolute Gasteiger partial charge is 0.416 e. The summed E-state index contributed by atoms with van der Waals surface area (Å²) in [7, 11) is -4.22. The predicted octanol–water partition coefficient (Wildman–Crippen LogP) is 5.98. The van der Waals surface area contributed by atoms with E-state index in [-0.39, 0.29) is 27.7 Å². The molecule has 0 fully saturated rings. The minimum absolute atomic E-state index is 0.0193. The molecule has 198 valence electrons. The zero-order valence-electron chi connectivity index (χ0n) is 20.2. The number of carbonyl (C=O) groups is 1. The normalized spacial score (nSPS) is 12.8. The highest BCUT2D eigenvalue weighted by Crippen LogP contribution is 2.32. The molecular weight excluding hydrogens is 511 g/mol. The van der Waals surface area contributed by atoms with Gasteiger partial charge in [-0.15, -0.1) is 0 Å². The van der Waals surface area contributed by atoms with E-state index in [0.29, 0.717) is 17.9 Å². The third-order valence-electron chi connectivity index (χ3n) is 5.36. The van der Waals surface area contributed by atoms with Gasteiger partial charge < -0.3 is 14.6 Å². The highest BCUT2D eigenvalue weighted by atomic mass is 32.2. The van der Waals surface area contributed by atoms with Crippen LogP contribution in [0.15, 0.2) is 71.6 Å². The molecule has 0 aromatic heterocycles. The molecule has 0 saturated carbocycles. The monoisotopic (exact) mass is 537 g/mol. The molecule has 1 atom stereocenters. The second-order valence-electron chi connectivity index (χ2n) is 8.36. The molecule has 1 unspecified atom stereocenters. The summed E-state index contributed by atoms with van der Waals surface area (Å²) < 4.78 is 79.5. The lowest BCUT2D eigenvalue weighted by atomic mass is 10.0. The third kappa shape index (κ3) is 7.01. The van der Waals surface area contributed by atoms with Gasteiger partial charge in [0.05, 0.1) is 22.6 Å². The molecule has 0 spiro atoms. The zero-order chi connectivity index (χ0) is 27.4. The summed E-state index contributed by atoms with van der Waals surface area (Å²) in [5.41, 5.74) is -0.189. The Morgan fingerprint density at radius 3 is 2.08 bits per heavy atom. The first-order valence-corrected chi connectivity index (χ1v) is 12.8. The topological polar surface area (TPSA) is 102 Å². The highest BCUT2D eigenvalue weighted by molar-refractivity contribution is 7.89. The molecule has 3 aromatic rings. The van der Waals surface area contributed by atoms with Crippen molar-refractivity contribution in [1.82, 2.24) is 4.72 Å². The molecule has 0 aliphatic heterocycles. The lowest BCUT2D eigenvalue weighted by Crippen LogP contribution is -2.33. The standard InChI is InChI=1S/C26H26F3NO6S/c1-4-35-21-13-14-23(22(15-21)16(2)3)37(33,34)30-24(17-5-7-18(8-6-17)25(31)32)36-20-11-9-19(10-12-20)26(27,28)29/h5-16,24,30H,4H2,1-3H3,(H,31,32). The summed E-state index contributed by atoms with van der Waals surface area (Å²) in [6.07, 6.45) is -5.93. The molecule has 3 aromatic carbocycles. The average molecular weight is 538 g/mol. The summed E-state index contributed by atoms with van der Waals surface area (Å²) in [6, 6.07) is 13.6. The van der Waals surface area contributed by atoms with Crippen molar-refractivity contribution >= 4 is 16.0 Å². The number of hydrogen-bond donors (Lipinski definition) is 2. The molecule has 0 saturated heterocycles. The largest absolute Gasteiger partial charge is 0.494 e. The van der Waals surface area contributed by atoms with E-state index in [9.17, 15) is 31.5 Å². The Labute approximate surface area is 212 Å². The van der Waals surface area contributed by atoms with Crippen molar-refractivity contribution in [2.45, 2.75) is 44.0 Å². The first kappa shape index (κ1) is 28.0. The Morgan fingerprint density at radius 1 is 0.973 bits per heavy atom. The molecule has 11 heteroatoms. The Balaban J connectivity index is 2.01. The summed E-state index contributed by atoms with van der Waals surface area (Å²) in [4.78, 5) is 11.2. The van der Waals surface area contributed by atoms with Crippen LogP contribution in [-0.4, -0.2) is 26.1 Å². The quantitative estimate of drug-likeness (QED) is 0.309. The SMILES string of the molecule is CCOc1ccc(S(=O)(=O)NC(Oc2ccc(C(F)(F)F)cc2)c2ccc(C(=O)O)cc2)c(C(C)C)c1. The van der Waals surface area contributed by atoms with Crippen LogP contribution in [-0.2, 0) is 16.2 Å². The van der Waals surface area contributed by atoms with Crippen molar-refractivity contribution in [1.29, 1.82) is 0 Å². The van der Waals surface area contributed by atoms with Crippen molar-refractivity contribution < 1.29 is 41.0 Å². The van der Waals surface area contributed by atoms with E-state index in [1.165, 1.54) is 36.4 Å². The highest BCUT2D eigenvalue weighted by Gasteiger charge is 2.31. The molecule has 0 amide bonds. The summed E-state index contributed by atoms with van der Waals surface area (Å²) in [6.45, 7) is 5.85. The van der Waals surface area contributed by atoms with Gasteiger partial charge in [0.25, 0.3) is 0 Å². The summed E-state index contributed by atoms with van der Waals surface area (Å²) in [5.74, 6) is -0.884. The van der Waals surface area contributed by atoms with E-state index in [2.05, 4.69) is 4.72 Å². The van der Waals surface area contributed by atoms with Gasteiger partial charge in [-0.25, -0.2) is 13.2 Å². The second-order valence-corrected chi connectivity index (χ2v) is 10.0. The number of benzene rings is 3. The molecule has 0 aliphatic rings. The van der Waals surface area contributed by atoms with Gasteiger partial charge >= 0.3 is 12.1 Å². The van der Waals surface area contributed by atoms with E-state index in [1.807, 2.05) is 13.8 Å². The average Bonchev–Trinajstić information content (AvgIpc) is 2.83. The van der Waals surface area contributed by atoms with Crippen LogP contribution in [0.4, 0.5) is 13.2 Å². The third-order valence-corrected chi connectivity index (χ3v) is 6.84. The molecule has 0 aliphatic carbocycles. The van der Waals surface area contributed by atoms with Gasteiger partial charge in [0.2, 0.25) is 10.0 Å². The van der Waals surface area contributed by atoms with E-state index in [4.69, 9.17) is 9.47 Å². The number of ether oxygens (including phenoxy) is 2.